The molecule has 36 heavy (non-hydrogen) atoms. The van der Waals surface area contributed by atoms with E-state index in [1.807, 2.05) is 66.3 Å². The molecule has 7 nitrogen and oxygen atoms in total. The molecule has 0 bridgehead atoms. The van der Waals surface area contributed by atoms with Crippen molar-refractivity contribution in [3.05, 3.63) is 90.1 Å². The number of aliphatic hydroxyl groups excluding tert-OH is 1. The molecular weight excluding hydrogens is 454 g/mol. The van der Waals surface area contributed by atoms with Gasteiger partial charge >= 0.3 is 0 Å². The number of aryl methyl sites for hydroxylation is 1. The van der Waals surface area contributed by atoms with E-state index in [0.717, 1.165) is 28.6 Å². The van der Waals surface area contributed by atoms with Gasteiger partial charge in [-0.1, -0.05) is 18.2 Å². The van der Waals surface area contributed by atoms with Crippen LogP contribution in [0.1, 0.15) is 29.8 Å². The first kappa shape index (κ1) is 25.3. The number of carbonyl (C=O) groups is 1. The number of ether oxygens (including phenoxy) is 2. The van der Waals surface area contributed by atoms with E-state index in [9.17, 15) is 9.90 Å². The van der Waals surface area contributed by atoms with Gasteiger partial charge < -0.3 is 30.2 Å². The summed E-state index contributed by atoms with van der Waals surface area (Å²) in [7, 11) is 2.00. The highest BCUT2D eigenvalue weighted by Gasteiger charge is 2.20. The van der Waals surface area contributed by atoms with Crippen LogP contribution >= 0.6 is 0 Å². The van der Waals surface area contributed by atoms with E-state index < -0.39 is 12.0 Å². The smallest absolute Gasteiger partial charge is 0.248 e. The summed E-state index contributed by atoms with van der Waals surface area (Å²) in [6.45, 7) is 4.84. The average molecular weight is 488 g/mol. The van der Waals surface area contributed by atoms with Crippen LogP contribution in [0.4, 0.5) is 0 Å². The topological polar surface area (TPSA) is 98.7 Å². The lowest BCUT2D eigenvalue weighted by atomic mass is 9.94. The third kappa shape index (κ3) is 6.44. The average Bonchev–Trinajstić information content (AvgIpc) is 3.24. The molecule has 188 valence electrons. The summed E-state index contributed by atoms with van der Waals surface area (Å²) >= 11 is 0. The normalized spacial score (nSPS) is 12.4. The Hall–Kier alpha value is -3.81. The van der Waals surface area contributed by atoms with E-state index in [1.54, 1.807) is 24.3 Å². The molecule has 7 heteroatoms. The molecule has 0 aliphatic rings. The van der Waals surface area contributed by atoms with Crippen molar-refractivity contribution in [3.63, 3.8) is 0 Å². The number of rotatable bonds is 11. The van der Waals surface area contributed by atoms with Gasteiger partial charge in [0.15, 0.2) is 0 Å². The lowest BCUT2D eigenvalue weighted by Crippen LogP contribution is -2.46. The Balaban J connectivity index is 1.25. The van der Waals surface area contributed by atoms with Gasteiger partial charge in [0.05, 0.1) is 5.52 Å². The van der Waals surface area contributed by atoms with E-state index in [4.69, 9.17) is 15.2 Å². The number of β-amino-alcohol motifs (C(OH)–C–C–N with tert-alkyl or cyclic N) is 1. The number of amides is 1. The van der Waals surface area contributed by atoms with Crippen molar-refractivity contribution in [2.24, 2.45) is 12.8 Å². The minimum atomic E-state index is -0.639. The summed E-state index contributed by atoms with van der Waals surface area (Å²) in [6, 6.07) is 22.6. The van der Waals surface area contributed by atoms with Gasteiger partial charge in [0.1, 0.15) is 30.0 Å². The van der Waals surface area contributed by atoms with Crippen molar-refractivity contribution in [2.75, 3.05) is 13.2 Å². The second-order valence-electron chi connectivity index (χ2n) is 9.66. The van der Waals surface area contributed by atoms with Gasteiger partial charge in [-0.15, -0.1) is 0 Å². The van der Waals surface area contributed by atoms with Crippen molar-refractivity contribution in [1.82, 2.24) is 9.88 Å². The van der Waals surface area contributed by atoms with Gasteiger partial charge in [0, 0.05) is 36.3 Å². The molecule has 3 aromatic carbocycles. The Bertz CT molecular complexity index is 1310. The maximum Gasteiger partial charge on any atom is 0.248 e. The molecule has 0 unspecified atom stereocenters. The molecule has 1 aromatic heterocycles. The number of carbonyl (C=O) groups excluding carboxylic acids is 1. The fourth-order valence-corrected chi connectivity index (χ4v) is 4.11. The fourth-order valence-electron chi connectivity index (χ4n) is 4.11. The molecular formula is C29H33N3O4. The highest BCUT2D eigenvalue weighted by atomic mass is 16.5. The van der Waals surface area contributed by atoms with E-state index in [1.165, 1.54) is 0 Å². The highest BCUT2D eigenvalue weighted by molar-refractivity contribution is 5.92. The molecule has 1 heterocycles. The first-order chi connectivity index (χ1) is 17.2. The van der Waals surface area contributed by atoms with Crippen LogP contribution in [-0.2, 0) is 13.5 Å². The highest BCUT2D eigenvalue weighted by Crippen LogP contribution is 2.26. The number of hydrogen-bond acceptors (Lipinski definition) is 5. The Labute approximate surface area is 211 Å². The van der Waals surface area contributed by atoms with E-state index in [-0.39, 0.29) is 12.1 Å². The monoisotopic (exact) mass is 487 g/mol. The third-order valence-electron chi connectivity index (χ3n) is 6.08. The maximum atomic E-state index is 11.2. The van der Waals surface area contributed by atoms with Gasteiger partial charge in [-0.3, -0.25) is 4.79 Å². The number of aromatic nitrogens is 1. The lowest BCUT2D eigenvalue weighted by molar-refractivity contribution is 0.0995. The SMILES string of the molecule is Cn1ccc2c(OC[C@@H](O)CNC(C)(C)Cc3ccc(Oc4ccc(C(N)=O)cc4)cc3)cccc21. The van der Waals surface area contributed by atoms with Gasteiger partial charge in [-0.25, -0.2) is 0 Å². The summed E-state index contributed by atoms with van der Waals surface area (Å²) in [5.41, 5.74) is 7.73. The summed E-state index contributed by atoms with van der Waals surface area (Å²) in [5.74, 6) is 1.65. The summed E-state index contributed by atoms with van der Waals surface area (Å²) < 4.78 is 13.8. The molecule has 0 saturated carbocycles. The van der Waals surface area contributed by atoms with Crippen LogP contribution in [-0.4, -0.2) is 40.4 Å². The van der Waals surface area contributed by atoms with Gasteiger partial charge in [-0.05, 0) is 80.4 Å². The number of aliphatic hydroxyl groups is 1. The molecule has 0 aliphatic carbocycles. The van der Waals surface area contributed by atoms with Crippen molar-refractivity contribution in [2.45, 2.75) is 31.9 Å². The number of nitrogens with zero attached hydrogens (tertiary/aromatic N) is 1. The molecule has 1 amide bonds. The van der Waals surface area contributed by atoms with E-state index in [0.29, 0.717) is 23.6 Å². The van der Waals surface area contributed by atoms with Crippen molar-refractivity contribution in [1.29, 1.82) is 0 Å². The zero-order valence-electron chi connectivity index (χ0n) is 20.9. The summed E-state index contributed by atoms with van der Waals surface area (Å²) in [6.07, 6.45) is 2.14. The Morgan fingerprint density at radius 1 is 1.03 bits per heavy atom. The van der Waals surface area contributed by atoms with E-state index in [2.05, 4.69) is 19.2 Å². The molecule has 4 aromatic rings. The standard InChI is InChI=1S/C29H33N3O4/c1-29(2,31-18-22(33)19-35-27-6-4-5-26-25(27)15-16-32(26)3)17-20-7-11-23(12-8-20)36-24-13-9-21(10-14-24)28(30)34/h4-16,22,31,33H,17-19H2,1-3H3,(H2,30,34)/t22-/m0/s1. The maximum absolute atomic E-state index is 11.2. The molecule has 0 aliphatic heterocycles. The molecule has 0 saturated heterocycles. The first-order valence-electron chi connectivity index (χ1n) is 12.0. The van der Waals surface area contributed by atoms with Gasteiger partial charge in [0.2, 0.25) is 5.91 Å². The van der Waals surface area contributed by atoms with Crippen LogP contribution in [0, 0.1) is 0 Å². The molecule has 0 radical (unpaired) electrons. The summed E-state index contributed by atoms with van der Waals surface area (Å²) in [5, 5.41) is 15.0. The van der Waals surface area contributed by atoms with Gasteiger partial charge in [-0.2, -0.15) is 0 Å². The van der Waals surface area contributed by atoms with E-state index >= 15 is 0 Å². The Morgan fingerprint density at radius 2 is 1.69 bits per heavy atom. The second-order valence-corrected chi connectivity index (χ2v) is 9.66. The number of fused-ring (bicyclic) bond motifs is 1. The molecule has 4 rings (SSSR count). The van der Waals surface area contributed by atoms with Crippen LogP contribution in [0.25, 0.3) is 10.9 Å². The largest absolute Gasteiger partial charge is 0.490 e. The molecule has 1 atom stereocenters. The molecule has 0 fully saturated rings. The van der Waals surface area contributed by atoms with Crippen molar-refractivity contribution < 1.29 is 19.4 Å². The Kier molecular flexibility index (Phi) is 7.62. The van der Waals surface area contributed by atoms with Gasteiger partial charge in [0.25, 0.3) is 0 Å². The summed E-state index contributed by atoms with van der Waals surface area (Å²) in [4.78, 5) is 11.2. The number of nitrogens with one attached hydrogen (secondary N) is 1. The van der Waals surface area contributed by atoms with Crippen LogP contribution in [0.2, 0.25) is 0 Å². The predicted octanol–water partition coefficient (Wildman–Crippen LogP) is 4.42. The third-order valence-corrected chi connectivity index (χ3v) is 6.08. The predicted molar refractivity (Wildman–Crippen MR) is 142 cm³/mol. The second kappa shape index (κ2) is 10.8. The minimum Gasteiger partial charge on any atom is -0.490 e. The molecule has 0 spiro atoms. The Morgan fingerprint density at radius 3 is 2.36 bits per heavy atom. The number of benzene rings is 3. The van der Waals surface area contributed by atoms with Crippen molar-refractivity contribution >= 4 is 16.8 Å². The zero-order chi connectivity index (χ0) is 25.7. The lowest BCUT2D eigenvalue weighted by Gasteiger charge is -2.28. The molecule has 4 N–H and O–H groups in total. The van der Waals surface area contributed by atoms with Crippen LogP contribution in [0.15, 0.2) is 79.0 Å². The van der Waals surface area contributed by atoms with Crippen LogP contribution in [0.3, 0.4) is 0 Å². The minimum absolute atomic E-state index is 0.212. The number of nitrogens with two attached hydrogens (primary N) is 1. The number of primary amides is 1. The van der Waals surface area contributed by atoms with Crippen LogP contribution < -0.4 is 20.5 Å². The van der Waals surface area contributed by atoms with Crippen LogP contribution in [0.5, 0.6) is 17.2 Å². The quantitative estimate of drug-likeness (QED) is 0.291. The first-order valence-corrected chi connectivity index (χ1v) is 12.0. The van der Waals surface area contributed by atoms with Crippen molar-refractivity contribution in [3.8, 4) is 17.2 Å². The number of hydrogen-bond donors (Lipinski definition) is 3. The zero-order valence-corrected chi connectivity index (χ0v) is 20.9. The fraction of sp³-hybridized carbons (Fsp3) is 0.276.